The predicted molar refractivity (Wildman–Crippen MR) is 62.1 cm³/mol. The number of aliphatic hydroxyl groups is 1. The van der Waals surface area contributed by atoms with Crippen LogP contribution in [0.2, 0.25) is 0 Å². The Hall–Kier alpha value is -2.42. The molecule has 1 aromatic heterocycles. The van der Waals surface area contributed by atoms with Crippen molar-refractivity contribution < 1.29 is 23.3 Å². The lowest BCUT2D eigenvalue weighted by atomic mass is 10.2. The summed E-state index contributed by atoms with van der Waals surface area (Å²) in [5.74, 6) is -0.0254. The van der Waals surface area contributed by atoms with Crippen LogP contribution in [0, 0.1) is 10.1 Å². The molecule has 20 heavy (non-hydrogen) atoms. The van der Waals surface area contributed by atoms with Crippen molar-refractivity contribution in [2.75, 3.05) is 0 Å². The number of hydrogen-bond acceptors (Lipinski definition) is 6. The van der Waals surface area contributed by atoms with E-state index in [0.717, 1.165) is 0 Å². The van der Waals surface area contributed by atoms with Gasteiger partial charge in [-0.1, -0.05) is 5.16 Å². The molecule has 0 amide bonds. The first-order valence-electron chi connectivity index (χ1n) is 5.51. The van der Waals surface area contributed by atoms with Crippen LogP contribution in [0.5, 0.6) is 0 Å². The molecule has 0 aliphatic rings. The van der Waals surface area contributed by atoms with Gasteiger partial charge in [0.2, 0.25) is 11.7 Å². The van der Waals surface area contributed by atoms with E-state index in [4.69, 9.17) is 9.63 Å². The fourth-order valence-corrected chi connectivity index (χ4v) is 1.46. The minimum absolute atomic E-state index is 0.0920. The summed E-state index contributed by atoms with van der Waals surface area (Å²) in [6.07, 6.45) is -5.23. The quantitative estimate of drug-likeness (QED) is 0.664. The molecule has 106 valence electrons. The number of aliphatic hydroxyl groups excluding tert-OH is 1. The van der Waals surface area contributed by atoms with Gasteiger partial charge in [-0.2, -0.15) is 4.98 Å². The summed E-state index contributed by atoms with van der Waals surface area (Å²) in [5.41, 5.74) is 0.350. The summed E-state index contributed by atoms with van der Waals surface area (Å²) >= 11 is 0. The van der Waals surface area contributed by atoms with E-state index in [9.17, 15) is 18.9 Å². The second-order valence-corrected chi connectivity index (χ2v) is 3.92. The van der Waals surface area contributed by atoms with Gasteiger partial charge in [-0.05, 0) is 12.1 Å². The van der Waals surface area contributed by atoms with Crippen LogP contribution in [0.4, 0.5) is 14.5 Å². The number of alkyl halides is 2. The maximum Gasteiger partial charge on any atom is 0.269 e. The molecule has 7 nitrogen and oxygen atoms in total. The third-order valence-electron chi connectivity index (χ3n) is 2.48. The molecule has 1 N–H and O–H groups in total. The molecule has 0 fully saturated rings. The Morgan fingerprint density at radius 2 is 2.00 bits per heavy atom. The number of non-ortho nitro benzene ring substituents is 1. The number of halogens is 2. The van der Waals surface area contributed by atoms with Gasteiger partial charge in [0.1, 0.15) is 6.10 Å². The molecule has 1 atom stereocenters. The summed E-state index contributed by atoms with van der Waals surface area (Å²) in [6.45, 7) is 0. The minimum atomic E-state index is -2.90. The highest BCUT2D eigenvalue weighted by Gasteiger charge is 2.21. The van der Waals surface area contributed by atoms with E-state index < -0.39 is 23.9 Å². The highest BCUT2D eigenvalue weighted by atomic mass is 19.3. The molecule has 1 unspecified atom stereocenters. The van der Waals surface area contributed by atoms with Gasteiger partial charge in [-0.3, -0.25) is 10.1 Å². The molecule has 0 saturated carbocycles. The molecule has 1 heterocycles. The van der Waals surface area contributed by atoms with Gasteiger partial charge in [0, 0.05) is 17.7 Å². The van der Waals surface area contributed by atoms with Crippen LogP contribution in [0.15, 0.2) is 28.8 Å². The zero-order chi connectivity index (χ0) is 14.7. The third kappa shape index (κ3) is 3.12. The van der Waals surface area contributed by atoms with Crippen molar-refractivity contribution in [3.63, 3.8) is 0 Å². The Morgan fingerprint density at radius 3 is 2.55 bits per heavy atom. The Bertz CT molecular complexity index is 600. The van der Waals surface area contributed by atoms with E-state index in [-0.39, 0.29) is 17.4 Å². The van der Waals surface area contributed by atoms with E-state index in [1.54, 1.807) is 0 Å². The SMILES string of the molecule is O=[N+]([O-])c1ccc(-c2noc(CC(O)C(F)F)n2)cc1. The molecule has 0 radical (unpaired) electrons. The number of nitrogens with zero attached hydrogens (tertiary/aromatic N) is 3. The van der Waals surface area contributed by atoms with Gasteiger partial charge < -0.3 is 9.63 Å². The maximum atomic E-state index is 12.2. The van der Waals surface area contributed by atoms with E-state index >= 15 is 0 Å². The lowest BCUT2D eigenvalue weighted by Crippen LogP contribution is -2.20. The van der Waals surface area contributed by atoms with Crippen molar-refractivity contribution >= 4 is 5.69 Å². The van der Waals surface area contributed by atoms with Crippen LogP contribution in [0.25, 0.3) is 11.4 Å². The summed E-state index contributed by atoms with van der Waals surface area (Å²) in [7, 11) is 0. The zero-order valence-electron chi connectivity index (χ0n) is 9.94. The average Bonchev–Trinajstić information content (AvgIpc) is 2.87. The Kier molecular flexibility index (Phi) is 3.99. The van der Waals surface area contributed by atoms with Gasteiger partial charge >= 0.3 is 0 Å². The van der Waals surface area contributed by atoms with Crippen molar-refractivity contribution in [2.24, 2.45) is 0 Å². The van der Waals surface area contributed by atoms with Gasteiger partial charge in [0.25, 0.3) is 12.1 Å². The molecule has 1 aromatic carbocycles. The van der Waals surface area contributed by atoms with Crippen LogP contribution < -0.4 is 0 Å². The average molecular weight is 285 g/mol. The highest BCUT2D eigenvalue weighted by molar-refractivity contribution is 5.56. The fourth-order valence-electron chi connectivity index (χ4n) is 1.46. The highest BCUT2D eigenvalue weighted by Crippen LogP contribution is 2.20. The lowest BCUT2D eigenvalue weighted by Gasteiger charge is -2.04. The molecule has 0 bridgehead atoms. The first kappa shape index (κ1) is 14.0. The smallest absolute Gasteiger partial charge is 0.269 e. The topological polar surface area (TPSA) is 102 Å². The summed E-state index contributed by atoms with van der Waals surface area (Å²) in [6, 6.07) is 5.35. The number of benzene rings is 1. The molecule has 2 aromatic rings. The third-order valence-corrected chi connectivity index (χ3v) is 2.48. The molecule has 0 aliphatic heterocycles. The normalized spacial score (nSPS) is 12.6. The van der Waals surface area contributed by atoms with E-state index in [1.807, 2.05) is 0 Å². The summed E-state index contributed by atoms with van der Waals surface area (Å²) in [5, 5.41) is 23.1. The molecular formula is C11H9F2N3O4. The molecule has 2 rings (SSSR count). The van der Waals surface area contributed by atoms with Crippen LogP contribution in [0.3, 0.4) is 0 Å². The van der Waals surface area contributed by atoms with Crippen LogP contribution in [-0.2, 0) is 6.42 Å². The Labute approximate surface area is 111 Å². The summed E-state index contributed by atoms with van der Waals surface area (Å²) in [4.78, 5) is 13.8. The number of aromatic nitrogens is 2. The number of rotatable bonds is 5. The van der Waals surface area contributed by atoms with E-state index in [0.29, 0.717) is 5.56 Å². The second kappa shape index (κ2) is 5.70. The Morgan fingerprint density at radius 1 is 1.35 bits per heavy atom. The van der Waals surface area contributed by atoms with Crippen molar-refractivity contribution in [1.29, 1.82) is 0 Å². The lowest BCUT2D eigenvalue weighted by molar-refractivity contribution is -0.384. The van der Waals surface area contributed by atoms with E-state index in [1.165, 1.54) is 24.3 Å². The number of hydrogen-bond donors (Lipinski definition) is 1. The van der Waals surface area contributed by atoms with Gasteiger partial charge in [-0.25, -0.2) is 8.78 Å². The monoisotopic (exact) mass is 285 g/mol. The molecule has 0 aliphatic carbocycles. The Balaban J connectivity index is 2.14. The summed E-state index contributed by atoms with van der Waals surface area (Å²) < 4.78 is 29.0. The van der Waals surface area contributed by atoms with Gasteiger partial charge in [0.15, 0.2) is 0 Å². The number of nitro benzene ring substituents is 1. The molecular weight excluding hydrogens is 276 g/mol. The van der Waals surface area contributed by atoms with Crippen LogP contribution >= 0.6 is 0 Å². The second-order valence-electron chi connectivity index (χ2n) is 3.92. The van der Waals surface area contributed by atoms with Crippen LogP contribution in [-0.4, -0.2) is 32.7 Å². The molecule has 9 heteroatoms. The molecule has 0 spiro atoms. The standard InChI is InChI=1S/C11H9F2N3O4/c12-10(13)8(17)5-9-14-11(15-20-9)6-1-3-7(4-2-6)16(18)19/h1-4,8,10,17H,5H2. The van der Waals surface area contributed by atoms with Crippen molar-refractivity contribution in [2.45, 2.75) is 19.0 Å². The largest absolute Gasteiger partial charge is 0.387 e. The van der Waals surface area contributed by atoms with Crippen molar-refractivity contribution in [3.05, 3.63) is 40.3 Å². The first-order chi connectivity index (χ1) is 9.47. The predicted octanol–water partition coefficient (Wildman–Crippen LogP) is 1.81. The fraction of sp³-hybridized carbons (Fsp3) is 0.273. The van der Waals surface area contributed by atoms with E-state index in [2.05, 4.69) is 10.1 Å². The van der Waals surface area contributed by atoms with Crippen molar-refractivity contribution in [1.82, 2.24) is 10.1 Å². The number of nitro groups is 1. The molecule has 0 saturated heterocycles. The first-order valence-corrected chi connectivity index (χ1v) is 5.51. The minimum Gasteiger partial charge on any atom is -0.387 e. The van der Waals surface area contributed by atoms with Gasteiger partial charge in [0.05, 0.1) is 11.3 Å². The maximum absolute atomic E-state index is 12.2. The van der Waals surface area contributed by atoms with Gasteiger partial charge in [-0.15, -0.1) is 0 Å². The zero-order valence-corrected chi connectivity index (χ0v) is 9.94. The van der Waals surface area contributed by atoms with Crippen molar-refractivity contribution in [3.8, 4) is 11.4 Å². The van der Waals surface area contributed by atoms with Crippen LogP contribution in [0.1, 0.15) is 5.89 Å².